The van der Waals surface area contributed by atoms with Crippen molar-refractivity contribution in [1.82, 2.24) is 0 Å². The molecule has 0 unspecified atom stereocenters. The van der Waals surface area contributed by atoms with E-state index in [9.17, 15) is 17.8 Å². The van der Waals surface area contributed by atoms with Crippen LogP contribution in [-0.2, 0) is 14.9 Å². The Morgan fingerprint density at radius 2 is 1.83 bits per heavy atom. The molecule has 0 saturated carbocycles. The van der Waals surface area contributed by atoms with Gasteiger partial charge in [0.05, 0.1) is 4.90 Å². The van der Waals surface area contributed by atoms with Gasteiger partial charge in [0.1, 0.15) is 10.1 Å². The van der Waals surface area contributed by atoms with Crippen LogP contribution in [0.25, 0.3) is 0 Å². The summed E-state index contributed by atoms with van der Waals surface area (Å²) in [6, 6.07) is 4.65. The first kappa shape index (κ1) is 19.7. The minimum Gasteiger partial charge on any atom is -0.744 e. The summed E-state index contributed by atoms with van der Waals surface area (Å²) in [7, 11) is -4.31. The molecule has 0 aromatic heterocycles. The van der Waals surface area contributed by atoms with Crippen LogP contribution in [0.4, 0.5) is 0 Å². The van der Waals surface area contributed by atoms with Crippen molar-refractivity contribution in [1.29, 1.82) is 0 Å². The first-order chi connectivity index (χ1) is 7.70. The van der Waals surface area contributed by atoms with Crippen molar-refractivity contribution in [2.75, 3.05) is 0 Å². The van der Waals surface area contributed by atoms with Gasteiger partial charge in [-0.3, -0.25) is 0 Å². The van der Waals surface area contributed by atoms with Gasteiger partial charge < -0.3 is 9.66 Å². The summed E-state index contributed by atoms with van der Waals surface area (Å²) < 4.78 is 32.0. The van der Waals surface area contributed by atoms with Gasteiger partial charge >= 0.3 is 35.5 Å². The summed E-state index contributed by atoms with van der Waals surface area (Å²) in [5.41, 5.74) is 1.35. The van der Waals surface area contributed by atoms with E-state index in [0.29, 0.717) is 5.56 Å². The van der Waals surface area contributed by atoms with Crippen LogP contribution in [0, 0.1) is 13.8 Å². The normalized spacial score (nSPS) is 9.50. The van der Waals surface area contributed by atoms with Gasteiger partial charge in [-0.05, 0) is 31.0 Å². The molecule has 0 saturated heterocycles. The van der Waals surface area contributed by atoms with Crippen LogP contribution in [0.1, 0.15) is 11.1 Å². The fourth-order valence-corrected chi connectivity index (χ4v) is 1.78. The van der Waals surface area contributed by atoms with Gasteiger partial charge in [0.15, 0.2) is 0 Å². The van der Waals surface area contributed by atoms with Crippen LogP contribution in [-0.4, -0.2) is 24.0 Å². The monoisotopic (exact) mass is 280 g/mol. The number of aryl methyl sites for hydroxylation is 1. The van der Waals surface area contributed by atoms with E-state index in [2.05, 4.69) is 6.58 Å². The maximum atomic E-state index is 10.7. The number of aliphatic carboxylic acids is 1. The Kier molecular flexibility index (Phi) is 9.23. The summed E-state index contributed by atoms with van der Waals surface area (Å²) >= 11 is 0. The van der Waals surface area contributed by atoms with Gasteiger partial charge in [0, 0.05) is 6.08 Å². The van der Waals surface area contributed by atoms with Gasteiger partial charge in [0.25, 0.3) is 0 Å². The van der Waals surface area contributed by atoms with Crippen molar-refractivity contribution in [2.24, 2.45) is 0 Å². The predicted octanol–water partition coefficient (Wildman–Crippen LogP) is -1.53. The molecule has 18 heavy (non-hydrogen) atoms. The predicted molar refractivity (Wildman–Crippen MR) is 61.7 cm³/mol. The molecule has 0 aliphatic rings. The molecule has 0 spiro atoms. The molecule has 0 bridgehead atoms. The van der Waals surface area contributed by atoms with Gasteiger partial charge in [0.2, 0.25) is 0 Å². The van der Waals surface area contributed by atoms with Crippen LogP contribution in [0.3, 0.4) is 0 Å². The first-order valence-corrected chi connectivity index (χ1v) is 5.98. The molecule has 1 aromatic carbocycles. The summed E-state index contributed by atoms with van der Waals surface area (Å²) in [6.07, 6.45) is 0.833. The summed E-state index contributed by atoms with van der Waals surface area (Å²) in [5, 5.41) is 7.60. The number of hydrogen-bond donors (Lipinski definition) is 1. The molecule has 0 amide bonds. The number of rotatable bonds is 2. The standard InChI is InChI=1S/C8H10O3S.C3H4O2.Na/c1-6-4-3-5-8(7(6)2)12(9,10)11;1-2-3(4)5;/h3-5H,1-2H3,(H,9,10,11);2H,1H2,(H,4,5);/q;;+1/p-1. The topological polar surface area (TPSA) is 94.5 Å². The number of hydrogen-bond acceptors (Lipinski definition) is 4. The van der Waals surface area contributed by atoms with Crippen molar-refractivity contribution in [3.63, 3.8) is 0 Å². The SMILES string of the molecule is C=CC(=O)O.Cc1cccc(S(=O)(=O)[O-])c1C.[Na+]. The molecule has 5 nitrogen and oxygen atoms in total. The third-order valence-corrected chi connectivity index (χ3v) is 2.98. The van der Waals surface area contributed by atoms with Gasteiger partial charge in [-0.25, -0.2) is 13.2 Å². The average molecular weight is 280 g/mol. The summed E-state index contributed by atoms with van der Waals surface area (Å²) in [4.78, 5) is 9.13. The molecule has 0 fully saturated rings. The van der Waals surface area contributed by atoms with Gasteiger partial charge in [-0.1, -0.05) is 18.7 Å². The van der Waals surface area contributed by atoms with Gasteiger partial charge in [-0.2, -0.15) is 0 Å². The van der Waals surface area contributed by atoms with Crippen molar-refractivity contribution < 1.29 is 52.4 Å². The average Bonchev–Trinajstić information content (AvgIpc) is 2.21. The smallest absolute Gasteiger partial charge is 0.744 e. The summed E-state index contributed by atoms with van der Waals surface area (Å²) in [5.74, 6) is -0.981. The first-order valence-electron chi connectivity index (χ1n) is 4.57. The number of benzene rings is 1. The van der Waals surface area contributed by atoms with Crippen LogP contribution >= 0.6 is 0 Å². The van der Waals surface area contributed by atoms with E-state index < -0.39 is 16.1 Å². The van der Waals surface area contributed by atoms with Gasteiger partial charge in [-0.15, -0.1) is 0 Å². The summed E-state index contributed by atoms with van der Waals surface area (Å²) in [6.45, 7) is 6.35. The van der Waals surface area contributed by atoms with Crippen molar-refractivity contribution in [3.8, 4) is 0 Å². The Morgan fingerprint density at radius 1 is 1.39 bits per heavy atom. The van der Waals surface area contributed by atoms with E-state index in [1.807, 2.05) is 0 Å². The quantitative estimate of drug-likeness (QED) is 0.403. The molecule has 94 valence electrons. The minimum absolute atomic E-state index is 0. The van der Waals surface area contributed by atoms with Crippen molar-refractivity contribution in [2.45, 2.75) is 18.7 Å². The fraction of sp³-hybridized carbons (Fsp3) is 0.182. The van der Waals surface area contributed by atoms with Crippen LogP contribution in [0.5, 0.6) is 0 Å². The van der Waals surface area contributed by atoms with E-state index >= 15 is 0 Å². The van der Waals surface area contributed by atoms with E-state index in [4.69, 9.17) is 5.11 Å². The molecule has 0 heterocycles. The van der Waals surface area contributed by atoms with E-state index in [-0.39, 0.29) is 34.5 Å². The minimum atomic E-state index is -4.31. The second-order valence-electron chi connectivity index (χ2n) is 3.19. The molecule has 0 radical (unpaired) electrons. The Balaban J connectivity index is 0. The largest absolute Gasteiger partial charge is 1.00 e. The Labute approximate surface area is 129 Å². The Bertz CT molecular complexity index is 522. The molecular weight excluding hydrogens is 267 g/mol. The zero-order valence-corrected chi connectivity index (χ0v) is 13.3. The zero-order valence-electron chi connectivity index (χ0n) is 10.5. The molecule has 1 N–H and O–H groups in total. The fourth-order valence-electron chi connectivity index (χ4n) is 0.995. The third kappa shape index (κ3) is 6.93. The van der Waals surface area contributed by atoms with Crippen molar-refractivity contribution in [3.05, 3.63) is 42.0 Å². The van der Waals surface area contributed by atoms with Crippen LogP contribution in [0.2, 0.25) is 0 Å². The molecule has 1 aromatic rings. The molecule has 0 aliphatic carbocycles. The molecule has 0 atom stereocenters. The zero-order chi connectivity index (χ0) is 13.6. The molecule has 1 rings (SSSR count). The second-order valence-corrected chi connectivity index (χ2v) is 4.54. The van der Waals surface area contributed by atoms with Crippen LogP contribution < -0.4 is 29.6 Å². The van der Waals surface area contributed by atoms with Crippen LogP contribution in [0.15, 0.2) is 35.7 Å². The Hall–Kier alpha value is -0.660. The molecule has 0 aliphatic heterocycles. The number of carboxylic acid groups (broad SMARTS) is 1. The number of carboxylic acids is 1. The third-order valence-electron chi connectivity index (χ3n) is 2.00. The molecular formula is C11H13NaO5S. The van der Waals surface area contributed by atoms with E-state index in [1.54, 1.807) is 26.0 Å². The van der Waals surface area contributed by atoms with E-state index in [0.717, 1.165) is 11.6 Å². The van der Waals surface area contributed by atoms with E-state index in [1.165, 1.54) is 6.07 Å². The molecule has 7 heteroatoms. The number of carbonyl (C=O) groups is 1. The maximum absolute atomic E-state index is 10.7. The maximum Gasteiger partial charge on any atom is 1.00 e. The Morgan fingerprint density at radius 3 is 2.11 bits per heavy atom. The van der Waals surface area contributed by atoms with Crippen molar-refractivity contribution >= 4 is 16.1 Å². The second kappa shape index (κ2) is 8.44.